The van der Waals surface area contributed by atoms with Gasteiger partial charge in [-0.05, 0) is 24.3 Å². The number of rotatable bonds is 3. The van der Waals surface area contributed by atoms with E-state index in [9.17, 15) is 15.8 Å². The summed E-state index contributed by atoms with van der Waals surface area (Å²) in [5, 5.41) is 34.4. The van der Waals surface area contributed by atoms with Crippen LogP contribution in [0.1, 0.15) is 17.6 Å². The van der Waals surface area contributed by atoms with Gasteiger partial charge in [0.1, 0.15) is 29.6 Å². The molecule has 2 aromatic rings. The van der Waals surface area contributed by atoms with Crippen molar-refractivity contribution in [3.05, 3.63) is 48.3 Å². The van der Waals surface area contributed by atoms with E-state index < -0.39 is 23.5 Å². The molecule has 0 amide bonds. The first kappa shape index (κ1) is 15.4. The molecule has 0 saturated carbocycles. The summed E-state index contributed by atoms with van der Waals surface area (Å²) in [4.78, 5) is 0. The van der Waals surface area contributed by atoms with Crippen LogP contribution in [0.5, 0.6) is 0 Å². The first-order valence-corrected chi connectivity index (χ1v) is 7.05. The molecule has 1 fully saturated rings. The molecule has 0 radical (unpaired) electrons. The maximum Gasteiger partial charge on any atom is 0.191 e. The summed E-state index contributed by atoms with van der Waals surface area (Å²) in [5.41, 5.74) is 4.41. The van der Waals surface area contributed by atoms with Crippen molar-refractivity contribution in [1.82, 2.24) is 5.01 Å². The fraction of sp³-hybridized carbons (Fsp3) is 0.250. The van der Waals surface area contributed by atoms with E-state index in [1.165, 1.54) is 23.7 Å². The normalized spacial score (nSPS) is 25.2. The first-order chi connectivity index (χ1) is 11.7. The van der Waals surface area contributed by atoms with Crippen molar-refractivity contribution >= 4 is 6.21 Å². The van der Waals surface area contributed by atoms with Crippen molar-refractivity contribution in [3.8, 4) is 18.2 Å². The smallest absolute Gasteiger partial charge is 0.191 e. The fourth-order valence-corrected chi connectivity index (χ4v) is 2.87. The highest BCUT2D eigenvalue weighted by Gasteiger charge is 2.62. The maximum absolute atomic E-state index is 9.66. The molecule has 118 valence electrons. The number of nitrogens with two attached hydrogens (primary N) is 1. The van der Waals surface area contributed by atoms with E-state index in [4.69, 9.17) is 14.6 Å². The second-order valence-corrected chi connectivity index (χ2v) is 5.25. The lowest BCUT2D eigenvalue weighted by atomic mass is 9.74. The Morgan fingerprint density at radius 2 is 1.88 bits per heavy atom. The van der Waals surface area contributed by atoms with Crippen LogP contribution in [0.2, 0.25) is 0 Å². The van der Waals surface area contributed by atoms with E-state index in [-0.39, 0.29) is 0 Å². The van der Waals surface area contributed by atoms with Crippen LogP contribution in [-0.4, -0.2) is 17.4 Å². The van der Waals surface area contributed by atoms with E-state index in [0.29, 0.717) is 11.5 Å². The zero-order valence-electron chi connectivity index (χ0n) is 12.4. The van der Waals surface area contributed by atoms with Crippen LogP contribution in [0.15, 0.2) is 50.7 Å². The van der Waals surface area contributed by atoms with Gasteiger partial charge in [0.2, 0.25) is 0 Å². The Bertz CT molecular complexity index is 836. The van der Waals surface area contributed by atoms with E-state index >= 15 is 0 Å². The number of nitrogens with zero attached hydrogens (tertiary/aromatic N) is 5. The van der Waals surface area contributed by atoms with Crippen molar-refractivity contribution < 1.29 is 8.83 Å². The van der Waals surface area contributed by atoms with Crippen LogP contribution in [0, 0.1) is 45.3 Å². The summed E-state index contributed by atoms with van der Waals surface area (Å²) in [6, 6.07) is 11.6. The van der Waals surface area contributed by atoms with Gasteiger partial charge in [0.25, 0.3) is 0 Å². The second-order valence-electron chi connectivity index (χ2n) is 5.25. The molecule has 2 N–H and O–H groups in total. The average Bonchev–Trinajstić information content (AvgIpc) is 3.33. The van der Waals surface area contributed by atoms with Gasteiger partial charge < -0.3 is 14.6 Å². The maximum atomic E-state index is 9.66. The van der Waals surface area contributed by atoms with E-state index in [2.05, 4.69) is 5.10 Å². The highest BCUT2D eigenvalue weighted by molar-refractivity contribution is 5.75. The Morgan fingerprint density at radius 1 is 1.17 bits per heavy atom. The first-order valence-electron chi connectivity index (χ1n) is 7.05. The van der Waals surface area contributed by atoms with E-state index in [1.54, 1.807) is 24.3 Å². The molecule has 0 spiro atoms. The minimum atomic E-state index is -1.70. The molecule has 24 heavy (non-hydrogen) atoms. The zero-order chi connectivity index (χ0) is 17.2. The standard InChI is InChI=1S/C16H12N6O2/c17-7-12-15(20)22(21-8-11-3-1-5-23-11)14(13-4-2-6-24-13)16(12,9-18)10-19/h1-6,8,12,14-15H,20H2/b21-8-. The lowest BCUT2D eigenvalue weighted by Crippen LogP contribution is -2.38. The molecule has 1 aliphatic heterocycles. The largest absolute Gasteiger partial charge is 0.467 e. The van der Waals surface area contributed by atoms with Crippen LogP contribution >= 0.6 is 0 Å². The van der Waals surface area contributed by atoms with Gasteiger partial charge in [-0.3, -0.25) is 5.01 Å². The van der Waals surface area contributed by atoms with Crippen molar-refractivity contribution in [1.29, 1.82) is 15.8 Å². The molecule has 0 aromatic carbocycles. The van der Waals surface area contributed by atoms with Gasteiger partial charge in [-0.15, -0.1) is 0 Å². The summed E-state index contributed by atoms with van der Waals surface area (Å²) < 4.78 is 10.6. The molecule has 3 atom stereocenters. The third-order valence-corrected chi connectivity index (χ3v) is 4.02. The Balaban J connectivity index is 2.11. The third-order valence-electron chi connectivity index (χ3n) is 4.02. The molecule has 1 saturated heterocycles. The van der Waals surface area contributed by atoms with E-state index in [0.717, 1.165) is 0 Å². The van der Waals surface area contributed by atoms with Gasteiger partial charge >= 0.3 is 0 Å². The number of hydrogen-bond donors (Lipinski definition) is 1. The monoisotopic (exact) mass is 320 g/mol. The van der Waals surface area contributed by atoms with Gasteiger partial charge in [-0.2, -0.15) is 20.9 Å². The lowest BCUT2D eigenvalue weighted by Gasteiger charge is -2.25. The quantitative estimate of drug-likeness (QED) is 0.849. The van der Waals surface area contributed by atoms with Crippen molar-refractivity contribution in [2.75, 3.05) is 0 Å². The van der Waals surface area contributed by atoms with Gasteiger partial charge in [0.05, 0.1) is 36.9 Å². The minimum Gasteiger partial charge on any atom is -0.467 e. The van der Waals surface area contributed by atoms with Crippen LogP contribution in [0.4, 0.5) is 0 Å². The molecule has 8 nitrogen and oxygen atoms in total. The lowest BCUT2D eigenvalue weighted by molar-refractivity contribution is 0.165. The highest BCUT2D eigenvalue weighted by Crippen LogP contribution is 2.52. The van der Waals surface area contributed by atoms with Crippen LogP contribution in [-0.2, 0) is 0 Å². The topological polar surface area (TPSA) is 139 Å². The predicted molar refractivity (Wildman–Crippen MR) is 80.3 cm³/mol. The van der Waals surface area contributed by atoms with Crippen LogP contribution in [0.25, 0.3) is 0 Å². The van der Waals surface area contributed by atoms with Crippen molar-refractivity contribution in [2.24, 2.45) is 22.2 Å². The van der Waals surface area contributed by atoms with Crippen LogP contribution in [0.3, 0.4) is 0 Å². The summed E-state index contributed by atoms with van der Waals surface area (Å²) in [6.07, 6.45) is 3.38. The van der Waals surface area contributed by atoms with Gasteiger partial charge in [-0.1, -0.05) is 0 Å². The molecule has 3 rings (SSSR count). The number of nitriles is 3. The zero-order valence-corrected chi connectivity index (χ0v) is 12.4. The SMILES string of the molecule is N#CC1C(N)N(/N=C\c2ccco2)C(c2ccco2)C1(C#N)C#N. The summed E-state index contributed by atoms with van der Waals surface area (Å²) in [6.45, 7) is 0. The Hall–Kier alpha value is -3.54. The molecular formula is C16H12N6O2. The molecule has 3 unspecified atom stereocenters. The summed E-state index contributed by atoms with van der Waals surface area (Å²) >= 11 is 0. The molecule has 1 aliphatic rings. The third kappa shape index (κ3) is 2.13. The molecule has 0 bridgehead atoms. The predicted octanol–water partition coefficient (Wildman–Crippen LogP) is 1.72. The molecule has 8 heteroatoms. The van der Waals surface area contributed by atoms with Crippen molar-refractivity contribution in [2.45, 2.75) is 12.2 Å². The van der Waals surface area contributed by atoms with Crippen molar-refractivity contribution in [3.63, 3.8) is 0 Å². The Morgan fingerprint density at radius 3 is 2.42 bits per heavy atom. The molecule has 0 aliphatic carbocycles. The summed E-state index contributed by atoms with van der Waals surface area (Å²) in [5.74, 6) is -0.250. The summed E-state index contributed by atoms with van der Waals surface area (Å²) in [7, 11) is 0. The van der Waals surface area contributed by atoms with Gasteiger partial charge in [0.15, 0.2) is 5.41 Å². The molecule has 2 aromatic heterocycles. The van der Waals surface area contributed by atoms with Gasteiger partial charge in [0, 0.05) is 0 Å². The Kier molecular flexibility index (Phi) is 3.79. The highest BCUT2D eigenvalue weighted by atomic mass is 16.3. The number of furan rings is 2. The minimum absolute atomic E-state index is 0.336. The van der Waals surface area contributed by atoms with E-state index in [1.807, 2.05) is 18.2 Å². The van der Waals surface area contributed by atoms with Crippen LogP contribution < -0.4 is 5.73 Å². The number of hydrogen-bond acceptors (Lipinski definition) is 8. The Labute approximate surface area is 137 Å². The molecular weight excluding hydrogens is 308 g/mol. The van der Waals surface area contributed by atoms with Gasteiger partial charge in [-0.25, -0.2) is 0 Å². The molecule has 3 heterocycles. The average molecular weight is 320 g/mol. The fourth-order valence-electron chi connectivity index (χ4n) is 2.87. The number of hydrazone groups is 1. The second kappa shape index (κ2) is 5.92.